The first-order chi connectivity index (χ1) is 6.75. The molecule has 0 bridgehead atoms. The molecule has 14 heavy (non-hydrogen) atoms. The Labute approximate surface area is 83.3 Å². The predicted octanol–water partition coefficient (Wildman–Crippen LogP) is 2.40. The van der Waals surface area contributed by atoms with E-state index in [1.54, 1.807) is 24.3 Å². The number of Topliss-reactive ketones (excluding diaryl/α,β-unsaturated/α-hetero) is 1. The Hall–Kier alpha value is -1.70. The zero-order valence-electron chi connectivity index (χ0n) is 7.90. The van der Waals surface area contributed by atoms with Gasteiger partial charge in [-0.25, -0.2) is 0 Å². The van der Waals surface area contributed by atoms with Crippen LogP contribution in [0.1, 0.15) is 23.2 Å². The highest BCUT2D eigenvalue weighted by Crippen LogP contribution is 2.10. The molecule has 0 saturated heterocycles. The molecule has 0 aliphatic rings. The fraction of sp³-hybridized carbons (Fsp3) is 0.167. The van der Waals surface area contributed by atoms with Crippen LogP contribution in [0.2, 0.25) is 0 Å². The van der Waals surface area contributed by atoms with Gasteiger partial charge in [0, 0.05) is 12.0 Å². The van der Waals surface area contributed by atoms with Crippen molar-refractivity contribution in [2.24, 2.45) is 0 Å². The number of allylic oxidation sites excluding steroid dienone is 1. The highest BCUT2D eigenvalue weighted by atomic mass is 16.1. The van der Waals surface area contributed by atoms with E-state index in [1.165, 1.54) is 0 Å². The number of aldehydes is 1. The highest BCUT2D eigenvalue weighted by molar-refractivity contribution is 6.08. The predicted molar refractivity (Wildman–Crippen MR) is 55.2 cm³/mol. The Kier molecular flexibility index (Phi) is 3.80. The first kappa shape index (κ1) is 10.4. The van der Waals surface area contributed by atoms with Crippen LogP contribution in [0.4, 0.5) is 0 Å². The molecule has 0 aromatic heterocycles. The number of carbonyl (C=O) groups is 2. The highest BCUT2D eigenvalue weighted by Gasteiger charge is 2.08. The molecular weight excluding hydrogens is 176 g/mol. The molecule has 1 rings (SSSR count). The molecule has 0 heterocycles. The van der Waals surface area contributed by atoms with Crippen LogP contribution in [-0.4, -0.2) is 12.1 Å². The Morgan fingerprint density at radius 2 is 1.93 bits per heavy atom. The topological polar surface area (TPSA) is 34.1 Å². The molecule has 0 spiro atoms. The summed E-state index contributed by atoms with van der Waals surface area (Å²) in [5.74, 6) is -0.0764. The molecule has 0 atom stereocenters. The Balaban J connectivity index is 2.66. The fourth-order valence-electron chi connectivity index (χ4n) is 1.14. The van der Waals surface area contributed by atoms with Crippen molar-refractivity contribution < 1.29 is 9.59 Å². The quantitative estimate of drug-likeness (QED) is 0.404. The SMILES string of the molecule is C=C(CCC=O)C(=O)c1ccccc1. The lowest BCUT2D eigenvalue weighted by Gasteiger charge is -2.01. The maximum Gasteiger partial charge on any atom is 0.188 e. The first-order valence-electron chi connectivity index (χ1n) is 4.47. The van der Waals surface area contributed by atoms with Gasteiger partial charge in [0.25, 0.3) is 0 Å². The third kappa shape index (κ3) is 2.66. The molecule has 0 saturated carbocycles. The van der Waals surface area contributed by atoms with Gasteiger partial charge in [0.2, 0.25) is 0 Å². The number of benzene rings is 1. The van der Waals surface area contributed by atoms with E-state index >= 15 is 0 Å². The van der Waals surface area contributed by atoms with Crippen LogP contribution in [0, 0.1) is 0 Å². The van der Waals surface area contributed by atoms with Crippen molar-refractivity contribution in [1.82, 2.24) is 0 Å². The fourth-order valence-corrected chi connectivity index (χ4v) is 1.14. The lowest BCUT2D eigenvalue weighted by atomic mass is 10.0. The van der Waals surface area contributed by atoms with E-state index in [4.69, 9.17) is 0 Å². The molecule has 72 valence electrons. The molecule has 1 aromatic carbocycles. The van der Waals surface area contributed by atoms with Crippen molar-refractivity contribution in [3.63, 3.8) is 0 Å². The molecule has 0 unspecified atom stereocenters. The number of hydrogen-bond acceptors (Lipinski definition) is 2. The molecule has 0 amide bonds. The molecule has 0 N–H and O–H groups in total. The van der Waals surface area contributed by atoms with Crippen molar-refractivity contribution in [3.8, 4) is 0 Å². The van der Waals surface area contributed by atoms with Crippen molar-refractivity contribution >= 4 is 12.1 Å². The largest absolute Gasteiger partial charge is 0.303 e. The Morgan fingerprint density at radius 3 is 2.50 bits per heavy atom. The molecule has 2 nitrogen and oxygen atoms in total. The Morgan fingerprint density at radius 1 is 1.29 bits per heavy atom. The van der Waals surface area contributed by atoms with Crippen molar-refractivity contribution in [3.05, 3.63) is 48.0 Å². The van der Waals surface area contributed by atoms with E-state index in [0.29, 0.717) is 24.0 Å². The molecule has 0 aliphatic carbocycles. The lowest BCUT2D eigenvalue weighted by molar-refractivity contribution is -0.107. The van der Waals surface area contributed by atoms with E-state index in [1.807, 2.05) is 6.07 Å². The number of carbonyl (C=O) groups excluding carboxylic acids is 2. The van der Waals surface area contributed by atoms with Gasteiger partial charge in [0.05, 0.1) is 0 Å². The van der Waals surface area contributed by atoms with E-state index in [2.05, 4.69) is 6.58 Å². The van der Waals surface area contributed by atoms with Gasteiger partial charge in [-0.15, -0.1) is 0 Å². The molecule has 0 fully saturated rings. The Bertz CT molecular complexity index is 339. The normalized spacial score (nSPS) is 9.43. The molecule has 0 aliphatic heterocycles. The van der Waals surface area contributed by atoms with Gasteiger partial charge in [0.1, 0.15) is 6.29 Å². The summed E-state index contributed by atoms with van der Waals surface area (Å²) in [7, 11) is 0. The summed E-state index contributed by atoms with van der Waals surface area (Å²) >= 11 is 0. The second-order valence-electron chi connectivity index (χ2n) is 3.00. The minimum absolute atomic E-state index is 0.0764. The third-order valence-corrected chi connectivity index (χ3v) is 1.92. The number of ketones is 1. The van der Waals surface area contributed by atoms with Crippen LogP contribution in [0.3, 0.4) is 0 Å². The maximum atomic E-state index is 11.6. The van der Waals surface area contributed by atoms with Crippen LogP contribution in [0.15, 0.2) is 42.5 Å². The van der Waals surface area contributed by atoms with Gasteiger partial charge in [-0.1, -0.05) is 36.9 Å². The zero-order valence-corrected chi connectivity index (χ0v) is 7.90. The van der Waals surface area contributed by atoms with Gasteiger partial charge < -0.3 is 4.79 Å². The van der Waals surface area contributed by atoms with Gasteiger partial charge in [-0.05, 0) is 12.0 Å². The summed E-state index contributed by atoms with van der Waals surface area (Å²) < 4.78 is 0. The lowest BCUT2D eigenvalue weighted by Crippen LogP contribution is -2.02. The third-order valence-electron chi connectivity index (χ3n) is 1.92. The van der Waals surface area contributed by atoms with E-state index in [-0.39, 0.29) is 5.78 Å². The standard InChI is InChI=1S/C12H12O2/c1-10(6-5-9-13)12(14)11-7-3-2-4-8-11/h2-4,7-9H,1,5-6H2. The van der Waals surface area contributed by atoms with Crippen molar-refractivity contribution in [1.29, 1.82) is 0 Å². The van der Waals surface area contributed by atoms with Crippen LogP contribution < -0.4 is 0 Å². The minimum Gasteiger partial charge on any atom is -0.303 e. The average molecular weight is 188 g/mol. The van der Waals surface area contributed by atoms with Gasteiger partial charge in [0.15, 0.2) is 5.78 Å². The molecule has 0 radical (unpaired) electrons. The molecule has 2 heteroatoms. The summed E-state index contributed by atoms with van der Waals surface area (Å²) in [6.07, 6.45) is 1.60. The second-order valence-corrected chi connectivity index (χ2v) is 3.00. The molecule has 1 aromatic rings. The van der Waals surface area contributed by atoms with E-state index in [0.717, 1.165) is 6.29 Å². The maximum absolute atomic E-state index is 11.6. The van der Waals surface area contributed by atoms with Crippen LogP contribution in [-0.2, 0) is 4.79 Å². The summed E-state index contributed by atoms with van der Waals surface area (Å²) in [5.41, 5.74) is 1.12. The summed E-state index contributed by atoms with van der Waals surface area (Å²) in [4.78, 5) is 21.8. The summed E-state index contributed by atoms with van der Waals surface area (Å²) in [5, 5.41) is 0. The molecular formula is C12H12O2. The average Bonchev–Trinajstić information content (AvgIpc) is 2.26. The second kappa shape index (κ2) is 5.12. The van der Waals surface area contributed by atoms with E-state index in [9.17, 15) is 9.59 Å². The minimum atomic E-state index is -0.0764. The number of rotatable bonds is 5. The van der Waals surface area contributed by atoms with Gasteiger partial charge in [-0.2, -0.15) is 0 Å². The monoisotopic (exact) mass is 188 g/mol. The first-order valence-corrected chi connectivity index (χ1v) is 4.47. The van der Waals surface area contributed by atoms with E-state index < -0.39 is 0 Å². The number of hydrogen-bond donors (Lipinski definition) is 0. The van der Waals surface area contributed by atoms with Gasteiger partial charge >= 0.3 is 0 Å². The summed E-state index contributed by atoms with van der Waals surface area (Å²) in [6.45, 7) is 3.66. The zero-order chi connectivity index (χ0) is 10.4. The van der Waals surface area contributed by atoms with Crippen LogP contribution in [0.25, 0.3) is 0 Å². The van der Waals surface area contributed by atoms with Crippen molar-refractivity contribution in [2.45, 2.75) is 12.8 Å². The van der Waals surface area contributed by atoms with Crippen LogP contribution in [0.5, 0.6) is 0 Å². The summed E-state index contributed by atoms with van der Waals surface area (Å²) in [6, 6.07) is 8.95. The van der Waals surface area contributed by atoms with Crippen molar-refractivity contribution in [2.75, 3.05) is 0 Å². The van der Waals surface area contributed by atoms with Gasteiger partial charge in [-0.3, -0.25) is 4.79 Å². The van der Waals surface area contributed by atoms with Crippen LogP contribution >= 0.6 is 0 Å². The smallest absolute Gasteiger partial charge is 0.188 e.